The van der Waals surface area contributed by atoms with Crippen molar-refractivity contribution in [2.75, 3.05) is 33.0 Å². The maximum Gasteiger partial charge on any atom is 0.539 e. The highest BCUT2D eigenvalue weighted by atomic mass is 29.3. The maximum atomic E-state index is 6.05. The van der Waals surface area contributed by atoms with Gasteiger partial charge in [-0.3, -0.25) is 0 Å². The Bertz CT molecular complexity index is 205. The third-order valence-electron chi connectivity index (χ3n) is 2.69. The first-order valence-electron chi connectivity index (χ1n) is 7.31. The minimum Gasteiger partial charge on any atom is -0.392 e. The molecular weight excluding hydrogens is 280 g/mol. The van der Waals surface area contributed by atoms with Crippen molar-refractivity contribution in [2.24, 2.45) is 0 Å². The molecular formula is C12H30O5Si2. The summed E-state index contributed by atoms with van der Waals surface area (Å²) in [6.07, 6.45) is 0. The predicted octanol–water partition coefficient (Wildman–Crippen LogP) is 2.65. The topological polar surface area (TPSA) is 46.2 Å². The van der Waals surface area contributed by atoms with E-state index in [0.717, 1.165) is 6.04 Å². The van der Waals surface area contributed by atoms with Crippen LogP contribution in [0.1, 0.15) is 41.5 Å². The molecule has 0 amide bonds. The fraction of sp³-hybridized carbons (Fsp3) is 1.00. The van der Waals surface area contributed by atoms with E-state index >= 15 is 0 Å². The van der Waals surface area contributed by atoms with Gasteiger partial charge in [0.25, 0.3) is 0 Å². The Balaban J connectivity index is 5.50. The Kier molecular flexibility index (Phi) is 10.2. The monoisotopic (exact) mass is 310 g/mol. The van der Waals surface area contributed by atoms with Crippen LogP contribution in [0.25, 0.3) is 0 Å². The van der Waals surface area contributed by atoms with Gasteiger partial charge in [-0.05, 0) is 40.7 Å². The van der Waals surface area contributed by atoms with Gasteiger partial charge in [0.05, 0.1) is 0 Å². The number of hydrogen-bond donors (Lipinski definition) is 0. The fourth-order valence-electron chi connectivity index (χ4n) is 2.13. The second kappa shape index (κ2) is 10.0. The third-order valence-corrected chi connectivity index (χ3v) is 14.1. The lowest BCUT2D eigenvalue weighted by atomic mass is 10.9. The molecule has 116 valence electrons. The molecule has 0 aromatic heterocycles. The Morgan fingerprint density at radius 1 is 0.526 bits per heavy atom. The minimum atomic E-state index is -2.92. The summed E-state index contributed by atoms with van der Waals surface area (Å²) in [5.74, 6) is 0. The first-order chi connectivity index (χ1) is 9.11. The summed E-state index contributed by atoms with van der Waals surface area (Å²) in [4.78, 5) is 0. The van der Waals surface area contributed by atoms with E-state index in [9.17, 15) is 0 Å². The van der Waals surface area contributed by atoms with Crippen molar-refractivity contribution in [3.8, 4) is 0 Å². The van der Waals surface area contributed by atoms with Crippen LogP contribution in [0.5, 0.6) is 0 Å². The lowest BCUT2D eigenvalue weighted by Crippen LogP contribution is -2.72. The highest BCUT2D eigenvalue weighted by Crippen LogP contribution is 2.29. The van der Waals surface area contributed by atoms with Gasteiger partial charge < -0.3 is 22.1 Å². The van der Waals surface area contributed by atoms with Crippen molar-refractivity contribution in [3.63, 3.8) is 0 Å². The normalized spacial score (nSPS) is 12.9. The Hall–Kier alpha value is 0.234. The van der Waals surface area contributed by atoms with Gasteiger partial charge in [-0.25, -0.2) is 0 Å². The van der Waals surface area contributed by atoms with Crippen molar-refractivity contribution >= 4 is 16.4 Å². The molecule has 0 aliphatic heterocycles. The molecule has 0 bridgehead atoms. The van der Waals surface area contributed by atoms with E-state index in [-0.39, 0.29) is 0 Å². The van der Waals surface area contributed by atoms with Crippen molar-refractivity contribution in [1.82, 2.24) is 0 Å². The summed E-state index contributed by atoms with van der Waals surface area (Å²) >= 11 is 0. The molecule has 0 unspecified atom stereocenters. The van der Waals surface area contributed by atoms with Gasteiger partial charge in [-0.1, -0.05) is 6.92 Å². The van der Waals surface area contributed by atoms with E-state index in [1.54, 1.807) is 0 Å². The molecule has 5 nitrogen and oxygen atoms in total. The summed E-state index contributed by atoms with van der Waals surface area (Å²) in [6.45, 7) is 14.7. The first kappa shape index (κ1) is 19.2. The molecule has 0 fully saturated rings. The minimum absolute atomic E-state index is 0.543. The molecule has 7 heteroatoms. The summed E-state index contributed by atoms with van der Waals surface area (Å²) in [6, 6.07) is 0.765. The maximum absolute atomic E-state index is 6.05. The van der Waals surface area contributed by atoms with Gasteiger partial charge in [0.2, 0.25) is 0 Å². The third kappa shape index (κ3) is 4.62. The molecule has 0 spiro atoms. The molecule has 0 aliphatic rings. The summed E-state index contributed by atoms with van der Waals surface area (Å²) in [5, 5.41) is 0. The predicted molar refractivity (Wildman–Crippen MR) is 80.1 cm³/mol. The molecule has 0 rings (SSSR count). The van der Waals surface area contributed by atoms with Gasteiger partial charge in [-0.15, -0.1) is 0 Å². The van der Waals surface area contributed by atoms with Crippen LogP contribution in [0.15, 0.2) is 0 Å². The van der Waals surface area contributed by atoms with E-state index in [4.69, 9.17) is 22.1 Å². The molecule has 0 aliphatic carbocycles. The highest BCUT2D eigenvalue weighted by Gasteiger charge is 2.67. The van der Waals surface area contributed by atoms with Gasteiger partial charge in [0.1, 0.15) is 0 Å². The van der Waals surface area contributed by atoms with E-state index < -0.39 is 16.4 Å². The zero-order valence-electron chi connectivity index (χ0n) is 13.3. The average molecular weight is 311 g/mol. The van der Waals surface area contributed by atoms with E-state index in [0.29, 0.717) is 33.0 Å². The van der Waals surface area contributed by atoms with Gasteiger partial charge >= 0.3 is 16.4 Å². The Morgan fingerprint density at radius 3 is 1.05 bits per heavy atom. The quantitative estimate of drug-likeness (QED) is 0.519. The lowest BCUT2D eigenvalue weighted by molar-refractivity contribution is 0.0638. The second-order valence-corrected chi connectivity index (χ2v) is 12.7. The molecule has 0 heterocycles. The fourth-order valence-corrected chi connectivity index (χ4v) is 12.9. The van der Waals surface area contributed by atoms with Crippen molar-refractivity contribution in [1.29, 1.82) is 0 Å². The van der Waals surface area contributed by atoms with Crippen LogP contribution in [0.2, 0.25) is 6.04 Å². The van der Waals surface area contributed by atoms with Crippen LogP contribution >= 0.6 is 0 Å². The van der Waals surface area contributed by atoms with Crippen molar-refractivity contribution in [2.45, 2.75) is 47.6 Å². The Morgan fingerprint density at radius 2 is 0.842 bits per heavy atom. The molecule has 0 saturated carbocycles. The van der Waals surface area contributed by atoms with Gasteiger partial charge in [0, 0.05) is 33.0 Å². The summed E-state index contributed by atoms with van der Waals surface area (Å²) < 4.78 is 30.0. The number of rotatable bonds is 12. The zero-order chi connectivity index (χ0) is 14.8. The van der Waals surface area contributed by atoms with E-state index in [2.05, 4.69) is 6.92 Å². The Labute approximate surface area is 119 Å². The zero-order valence-corrected chi connectivity index (χ0v) is 15.3. The molecule has 19 heavy (non-hydrogen) atoms. The smallest absolute Gasteiger partial charge is 0.392 e. The van der Waals surface area contributed by atoms with Crippen LogP contribution in [0.4, 0.5) is 0 Å². The molecule has 0 aromatic rings. The molecule has 0 saturated heterocycles. The van der Waals surface area contributed by atoms with Crippen LogP contribution in [0.3, 0.4) is 0 Å². The summed E-state index contributed by atoms with van der Waals surface area (Å²) in [7, 11) is -5.56. The van der Waals surface area contributed by atoms with Crippen LogP contribution in [-0.4, -0.2) is 49.4 Å². The largest absolute Gasteiger partial charge is 0.539 e. The highest BCUT2D eigenvalue weighted by molar-refractivity contribution is 7.29. The first-order valence-corrected chi connectivity index (χ1v) is 12.1. The summed E-state index contributed by atoms with van der Waals surface area (Å²) in [5.41, 5.74) is 0. The van der Waals surface area contributed by atoms with Gasteiger partial charge in [0.15, 0.2) is 0 Å². The molecule has 0 radical (unpaired) electrons. The SMILES string of the molecule is CCO[Si](CC)(OCC)[Si](OCC)(OCC)OCC. The second-order valence-electron chi connectivity index (χ2n) is 3.83. The van der Waals surface area contributed by atoms with Crippen molar-refractivity contribution < 1.29 is 22.1 Å². The van der Waals surface area contributed by atoms with E-state index in [1.165, 1.54) is 0 Å². The van der Waals surface area contributed by atoms with E-state index in [1.807, 2.05) is 34.6 Å². The molecule has 0 aromatic carbocycles. The standard InChI is InChI=1S/C12H30O5Si2/c1-7-13-18(12-6,14-8-2)19(15-9-3,16-10-4)17-11-5/h7-12H2,1-6H3. The van der Waals surface area contributed by atoms with Crippen molar-refractivity contribution in [3.05, 3.63) is 0 Å². The molecule has 0 atom stereocenters. The van der Waals surface area contributed by atoms with Crippen LogP contribution in [0, 0.1) is 0 Å². The van der Waals surface area contributed by atoms with Crippen LogP contribution in [-0.2, 0) is 22.1 Å². The van der Waals surface area contributed by atoms with Crippen LogP contribution < -0.4 is 0 Å². The van der Waals surface area contributed by atoms with Gasteiger partial charge in [-0.2, -0.15) is 0 Å². The average Bonchev–Trinajstić information content (AvgIpc) is 2.39. The number of hydrogen-bond acceptors (Lipinski definition) is 5. The lowest BCUT2D eigenvalue weighted by Gasteiger charge is -2.41. The molecule has 0 N–H and O–H groups in total.